The molecule has 0 atom stereocenters. The molecule has 2 aromatic carbocycles. The second-order valence-corrected chi connectivity index (χ2v) is 9.29. The molecule has 1 amide bonds. The van der Waals surface area contributed by atoms with Crippen LogP contribution in [0.15, 0.2) is 61.2 Å². The number of aliphatic carboxylic acids is 1. The van der Waals surface area contributed by atoms with E-state index in [2.05, 4.69) is 44.9 Å². The number of nitrogens with one attached hydrogen (secondary N) is 1. The Morgan fingerprint density at radius 1 is 0.971 bits per heavy atom. The second kappa shape index (κ2) is 9.66. The summed E-state index contributed by atoms with van der Waals surface area (Å²) >= 11 is 0. The van der Waals surface area contributed by atoms with Crippen molar-refractivity contribution in [1.82, 2.24) is 19.9 Å². The van der Waals surface area contributed by atoms with Crippen LogP contribution in [0.4, 0.5) is 0 Å². The van der Waals surface area contributed by atoms with E-state index in [1.807, 2.05) is 25.1 Å². The van der Waals surface area contributed by atoms with Crippen molar-refractivity contribution in [2.45, 2.75) is 44.9 Å². The van der Waals surface area contributed by atoms with Gasteiger partial charge in [-0.15, -0.1) is 10.2 Å². The highest BCUT2D eigenvalue weighted by Gasteiger charge is 2.24. The van der Waals surface area contributed by atoms with Gasteiger partial charge in [0.25, 0.3) is 5.91 Å². The van der Waals surface area contributed by atoms with Crippen LogP contribution in [0.2, 0.25) is 0 Å². The molecule has 4 aromatic rings. The maximum atomic E-state index is 12.8. The fourth-order valence-electron chi connectivity index (χ4n) is 5.06. The fraction of sp³-hybridized carbons (Fsp3) is 0.296. The summed E-state index contributed by atoms with van der Waals surface area (Å²) in [5, 5.41) is 17.2. The molecule has 0 spiro atoms. The number of rotatable bonds is 6. The van der Waals surface area contributed by atoms with Crippen molar-refractivity contribution in [3.05, 3.63) is 78.0 Å². The van der Waals surface area contributed by atoms with Crippen LogP contribution in [0.1, 0.15) is 59.6 Å². The van der Waals surface area contributed by atoms with E-state index < -0.39 is 5.97 Å². The molecule has 1 aliphatic carbocycles. The molecule has 2 heterocycles. The third kappa shape index (κ3) is 5.06. The Morgan fingerprint density at radius 3 is 2.34 bits per heavy atom. The number of carboxylic acid groups (broad SMARTS) is 1. The minimum atomic E-state index is -0.693. The van der Waals surface area contributed by atoms with Gasteiger partial charge in [0.1, 0.15) is 12.7 Å². The molecule has 8 heteroatoms. The number of hydrogen-bond acceptors (Lipinski definition) is 5. The lowest BCUT2D eigenvalue weighted by molar-refractivity contribution is -0.138. The van der Waals surface area contributed by atoms with Crippen LogP contribution in [-0.2, 0) is 4.79 Å². The minimum Gasteiger partial charge on any atom is -0.481 e. The summed E-state index contributed by atoms with van der Waals surface area (Å²) in [6.07, 6.45) is 7.16. The number of carbonyl (C=O) groups is 2. The van der Waals surface area contributed by atoms with Crippen LogP contribution < -0.4 is 5.43 Å². The Kier molecular flexibility index (Phi) is 6.27. The number of benzene rings is 2. The molecule has 35 heavy (non-hydrogen) atoms. The van der Waals surface area contributed by atoms with E-state index >= 15 is 0 Å². The number of aryl methyl sites for hydroxylation is 1. The first-order chi connectivity index (χ1) is 17.0. The van der Waals surface area contributed by atoms with Crippen LogP contribution >= 0.6 is 0 Å². The Bertz CT molecular complexity index is 1360. The molecule has 1 aliphatic rings. The molecule has 178 valence electrons. The van der Waals surface area contributed by atoms with Gasteiger partial charge >= 0.3 is 5.97 Å². The Hall–Kier alpha value is -4.07. The molecule has 0 aliphatic heterocycles. The molecular formula is C27H27N5O3. The highest BCUT2D eigenvalue weighted by Crippen LogP contribution is 2.37. The maximum Gasteiger partial charge on any atom is 0.303 e. The van der Waals surface area contributed by atoms with E-state index in [4.69, 9.17) is 5.11 Å². The number of aromatic nitrogens is 4. The first-order valence-electron chi connectivity index (χ1n) is 11.9. The number of nitrogens with zero attached hydrogens (tertiary/aromatic N) is 4. The van der Waals surface area contributed by atoms with Crippen LogP contribution in [-0.4, -0.2) is 36.8 Å². The monoisotopic (exact) mass is 469 g/mol. The largest absolute Gasteiger partial charge is 0.481 e. The molecule has 5 rings (SSSR count). The maximum absolute atomic E-state index is 12.8. The second-order valence-electron chi connectivity index (χ2n) is 9.29. The standard InChI is InChI=1S/C27H27N5O3/c1-17-12-24(27(35)31-32-15-28-29-16-32)23-11-10-22(14-25(23)30-17)21-8-6-20(7-9-21)19-4-2-18(3-5-19)13-26(33)34/h6-12,14-16,18-19H,2-5,13H2,1H3,(H,31,35)(H,33,34). The lowest BCUT2D eigenvalue weighted by Crippen LogP contribution is -2.22. The lowest BCUT2D eigenvalue weighted by atomic mass is 9.77. The van der Waals surface area contributed by atoms with Crippen molar-refractivity contribution < 1.29 is 14.7 Å². The van der Waals surface area contributed by atoms with Gasteiger partial charge in [-0.25, -0.2) is 4.68 Å². The van der Waals surface area contributed by atoms with Gasteiger partial charge < -0.3 is 5.11 Å². The molecule has 2 aromatic heterocycles. The minimum absolute atomic E-state index is 0.254. The zero-order valence-electron chi connectivity index (χ0n) is 19.5. The Morgan fingerprint density at radius 2 is 1.66 bits per heavy atom. The SMILES string of the molecule is Cc1cc(C(=O)Nn2cnnc2)c2ccc(-c3ccc(C4CCC(CC(=O)O)CC4)cc3)cc2n1. The molecule has 1 saturated carbocycles. The molecule has 2 N–H and O–H groups in total. The van der Waals surface area contributed by atoms with E-state index in [1.54, 1.807) is 6.07 Å². The number of carbonyl (C=O) groups excluding carboxylic acids is 1. The van der Waals surface area contributed by atoms with Crippen molar-refractivity contribution in [2.24, 2.45) is 5.92 Å². The molecule has 0 bridgehead atoms. The molecule has 1 fully saturated rings. The smallest absolute Gasteiger partial charge is 0.303 e. The number of amides is 1. The number of hydrogen-bond donors (Lipinski definition) is 2. The molecular weight excluding hydrogens is 442 g/mol. The predicted molar refractivity (Wildman–Crippen MR) is 133 cm³/mol. The average molecular weight is 470 g/mol. The Balaban J connectivity index is 1.35. The molecule has 8 nitrogen and oxygen atoms in total. The normalized spacial score (nSPS) is 17.9. The zero-order chi connectivity index (χ0) is 24.4. The van der Waals surface area contributed by atoms with Crippen molar-refractivity contribution >= 4 is 22.8 Å². The zero-order valence-corrected chi connectivity index (χ0v) is 19.5. The van der Waals surface area contributed by atoms with Gasteiger partial charge in [0.15, 0.2) is 0 Å². The van der Waals surface area contributed by atoms with Crippen molar-refractivity contribution in [1.29, 1.82) is 0 Å². The van der Waals surface area contributed by atoms with Gasteiger partial charge in [-0.3, -0.25) is 20.0 Å². The average Bonchev–Trinajstić information content (AvgIpc) is 3.36. The fourth-order valence-corrected chi connectivity index (χ4v) is 5.06. The summed E-state index contributed by atoms with van der Waals surface area (Å²) < 4.78 is 1.42. The van der Waals surface area contributed by atoms with E-state index in [-0.39, 0.29) is 12.3 Å². The number of fused-ring (bicyclic) bond motifs is 1. The van der Waals surface area contributed by atoms with Crippen molar-refractivity contribution in [3.63, 3.8) is 0 Å². The van der Waals surface area contributed by atoms with E-state index in [1.165, 1.54) is 22.9 Å². The van der Waals surface area contributed by atoms with E-state index in [0.29, 0.717) is 17.4 Å². The van der Waals surface area contributed by atoms with Crippen LogP contribution in [0.5, 0.6) is 0 Å². The topological polar surface area (TPSA) is 110 Å². The van der Waals surface area contributed by atoms with E-state index in [9.17, 15) is 9.59 Å². The summed E-state index contributed by atoms with van der Waals surface area (Å²) in [6, 6.07) is 16.4. The number of pyridine rings is 1. The van der Waals surface area contributed by atoms with Gasteiger partial charge in [-0.1, -0.05) is 36.4 Å². The first kappa shape index (κ1) is 22.7. The van der Waals surface area contributed by atoms with Crippen LogP contribution in [0, 0.1) is 12.8 Å². The summed E-state index contributed by atoms with van der Waals surface area (Å²) in [6.45, 7) is 1.88. The third-order valence-electron chi connectivity index (χ3n) is 6.86. The quantitative estimate of drug-likeness (QED) is 0.414. The highest BCUT2D eigenvalue weighted by molar-refractivity contribution is 6.10. The summed E-state index contributed by atoms with van der Waals surface area (Å²) in [5.41, 5.74) is 8.26. The summed E-state index contributed by atoms with van der Waals surface area (Å²) in [7, 11) is 0. The van der Waals surface area contributed by atoms with Gasteiger partial charge in [-0.05, 0) is 73.3 Å². The van der Waals surface area contributed by atoms with Gasteiger partial charge in [0, 0.05) is 17.5 Å². The highest BCUT2D eigenvalue weighted by atomic mass is 16.4. The van der Waals surface area contributed by atoms with Gasteiger partial charge in [0.2, 0.25) is 0 Å². The summed E-state index contributed by atoms with van der Waals surface area (Å²) in [4.78, 5) is 28.5. The third-order valence-corrected chi connectivity index (χ3v) is 6.86. The molecule has 0 saturated heterocycles. The summed E-state index contributed by atoms with van der Waals surface area (Å²) in [5.74, 6) is -0.154. The van der Waals surface area contributed by atoms with Crippen LogP contribution in [0.25, 0.3) is 22.0 Å². The lowest BCUT2D eigenvalue weighted by Gasteiger charge is -2.28. The molecule has 0 radical (unpaired) electrons. The first-order valence-corrected chi connectivity index (χ1v) is 11.9. The van der Waals surface area contributed by atoms with Crippen molar-refractivity contribution in [3.8, 4) is 11.1 Å². The van der Waals surface area contributed by atoms with Gasteiger partial charge in [0.05, 0.1) is 11.1 Å². The molecule has 0 unspecified atom stereocenters. The predicted octanol–water partition coefficient (Wildman–Crippen LogP) is 4.93. The Labute approximate surface area is 203 Å². The van der Waals surface area contributed by atoms with Crippen LogP contribution in [0.3, 0.4) is 0 Å². The van der Waals surface area contributed by atoms with E-state index in [0.717, 1.165) is 53.4 Å². The number of carboxylic acids is 1. The van der Waals surface area contributed by atoms with Crippen molar-refractivity contribution in [2.75, 3.05) is 5.43 Å². The van der Waals surface area contributed by atoms with Gasteiger partial charge in [-0.2, -0.15) is 0 Å².